The molecule has 0 bridgehead atoms. The summed E-state index contributed by atoms with van der Waals surface area (Å²) in [5.74, 6) is -4.29. The third-order valence-corrected chi connectivity index (χ3v) is 1.88. The molecule has 2 N–H and O–H groups in total. The van der Waals surface area contributed by atoms with Crippen molar-refractivity contribution in [2.45, 2.75) is 19.4 Å². The molecule has 3 nitrogen and oxygen atoms in total. The number of rotatable bonds is 4. The first-order chi connectivity index (χ1) is 7.40. The molecule has 0 spiro atoms. The van der Waals surface area contributed by atoms with Crippen LogP contribution in [0.15, 0.2) is 12.1 Å². The Morgan fingerprint density at radius 3 is 2.31 bits per heavy atom. The second-order valence-electron chi connectivity index (χ2n) is 3.39. The molecular weight excluding hydrogens is 223 g/mol. The van der Waals surface area contributed by atoms with Gasteiger partial charge < -0.3 is 10.4 Å². The third kappa shape index (κ3) is 3.15. The van der Waals surface area contributed by atoms with Crippen molar-refractivity contribution in [3.63, 3.8) is 0 Å². The van der Waals surface area contributed by atoms with E-state index in [1.165, 1.54) is 6.92 Å². The number of halogens is 3. The van der Waals surface area contributed by atoms with E-state index in [4.69, 9.17) is 5.11 Å². The van der Waals surface area contributed by atoms with E-state index in [2.05, 4.69) is 5.32 Å². The molecule has 0 saturated carbocycles. The first-order valence-corrected chi connectivity index (χ1v) is 4.53. The average molecular weight is 233 g/mol. The molecule has 1 rings (SSSR count). The van der Waals surface area contributed by atoms with Gasteiger partial charge in [-0.3, -0.25) is 4.79 Å². The maximum Gasteiger partial charge on any atom is 0.305 e. The Kier molecular flexibility index (Phi) is 3.76. The summed E-state index contributed by atoms with van der Waals surface area (Å²) in [5, 5.41) is 10.8. The normalized spacial score (nSPS) is 12.2. The van der Waals surface area contributed by atoms with Crippen LogP contribution in [0.3, 0.4) is 0 Å². The van der Waals surface area contributed by atoms with Gasteiger partial charge in [-0.05, 0) is 6.92 Å². The summed E-state index contributed by atoms with van der Waals surface area (Å²) in [4.78, 5) is 10.3. The molecule has 88 valence electrons. The van der Waals surface area contributed by atoms with Crippen molar-refractivity contribution in [1.82, 2.24) is 0 Å². The van der Waals surface area contributed by atoms with Crippen molar-refractivity contribution in [2.24, 2.45) is 0 Å². The van der Waals surface area contributed by atoms with Gasteiger partial charge in [-0.2, -0.15) is 0 Å². The van der Waals surface area contributed by atoms with Crippen LogP contribution >= 0.6 is 0 Å². The highest BCUT2D eigenvalue weighted by Gasteiger charge is 2.15. The van der Waals surface area contributed by atoms with Gasteiger partial charge in [-0.1, -0.05) is 0 Å². The fraction of sp³-hybridized carbons (Fsp3) is 0.300. The molecule has 1 unspecified atom stereocenters. The molecule has 16 heavy (non-hydrogen) atoms. The molecule has 0 aliphatic heterocycles. The van der Waals surface area contributed by atoms with Crippen LogP contribution in [0.1, 0.15) is 13.3 Å². The van der Waals surface area contributed by atoms with Gasteiger partial charge in [0.05, 0.1) is 6.42 Å². The van der Waals surface area contributed by atoms with Gasteiger partial charge in [0, 0.05) is 18.2 Å². The molecule has 0 aliphatic carbocycles. The Bertz CT molecular complexity index is 386. The monoisotopic (exact) mass is 233 g/mol. The Balaban J connectivity index is 2.85. The molecule has 6 heteroatoms. The summed E-state index contributed by atoms with van der Waals surface area (Å²) in [6.45, 7) is 1.45. The fourth-order valence-corrected chi connectivity index (χ4v) is 1.24. The molecular formula is C10H10F3NO2. The molecule has 0 radical (unpaired) electrons. The number of aliphatic carboxylic acids is 1. The number of benzene rings is 1. The lowest BCUT2D eigenvalue weighted by molar-refractivity contribution is -0.137. The number of nitrogens with one attached hydrogen (secondary N) is 1. The van der Waals surface area contributed by atoms with Crippen LogP contribution in [-0.4, -0.2) is 17.1 Å². The predicted molar refractivity (Wildman–Crippen MR) is 51.7 cm³/mol. The van der Waals surface area contributed by atoms with Crippen LogP contribution < -0.4 is 5.32 Å². The van der Waals surface area contributed by atoms with Gasteiger partial charge in [0.2, 0.25) is 0 Å². The molecule has 0 aromatic heterocycles. The van der Waals surface area contributed by atoms with Gasteiger partial charge in [0.25, 0.3) is 0 Å². The molecule has 0 heterocycles. The molecule has 0 amide bonds. The minimum absolute atomic E-state index is 0.295. The van der Waals surface area contributed by atoms with E-state index in [1.807, 2.05) is 0 Å². The summed E-state index contributed by atoms with van der Waals surface area (Å²) < 4.78 is 38.8. The fourth-order valence-electron chi connectivity index (χ4n) is 1.24. The van der Waals surface area contributed by atoms with Crippen LogP contribution in [0.25, 0.3) is 0 Å². The molecule has 1 aromatic carbocycles. The summed E-state index contributed by atoms with van der Waals surface area (Å²) in [5.41, 5.74) is -0.518. The van der Waals surface area contributed by atoms with E-state index in [-0.39, 0.29) is 6.42 Å². The lowest BCUT2D eigenvalue weighted by Crippen LogP contribution is -2.20. The standard InChI is InChI=1S/C10H10F3NO2/c1-5(2-9(15)16)14-10-7(12)3-6(11)4-8(10)13/h3-5,14H,2H2,1H3,(H,15,16). The zero-order valence-corrected chi connectivity index (χ0v) is 8.43. The van der Waals surface area contributed by atoms with Gasteiger partial charge >= 0.3 is 5.97 Å². The van der Waals surface area contributed by atoms with E-state index in [0.717, 1.165) is 0 Å². The predicted octanol–water partition coefficient (Wildman–Crippen LogP) is 2.38. The smallest absolute Gasteiger partial charge is 0.305 e. The minimum Gasteiger partial charge on any atom is -0.481 e. The Hall–Kier alpha value is -1.72. The summed E-state index contributed by atoms with van der Waals surface area (Å²) >= 11 is 0. The van der Waals surface area contributed by atoms with E-state index < -0.39 is 35.2 Å². The van der Waals surface area contributed by atoms with Crippen molar-refractivity contribution < 1.29 is 23.1 Å². The maximum absolute atomic E-state index is 13.1. The zero-order valence-electron chi connectivity index (χ0n) is 8.43. The van der Waals surface area contributed by atoms with Crippen molar-refractivity contribution in [3.8, 4) is 0 Å². The van der Waals surface area contributed by atoms with Crippen molar-refractivity contribution in [3.05, 3.63) is 29.6 Å². The van der Waals surface area contributed by atoms with Gasteiger partial charge in [0.1, 0.15) is 11.5 Å². The van der Waals surface area contributed by atoms with Crippen LogP contribution in [-0.2, 0) is 4.79 Å². The van der Waals surface area contributed by atoms with Crippen LogP contribution in [0.2, 0.25) is 0 Å². The molecule has 1 aromatic rings. The van der Waals surface area contributed by atoms with Gasteiger partial charge in [0.15, 0.2) is 11.6 Å². The summed E-state index contributed by atoms with van der Waals surface area (Å²) in [6.07, 6.45) is -0.295. The van der Waals surface area contributed by atoms with Crippen molar-refractivity contribution in [2.75, 3.05) is 5.32 Å². The highest BCUT2D eigenvalue weighted by Crippen LogP contribution is 2.21. The van der Waals surface area contributed by atoms with E-state index in [1.54, 1.807) is 0 Å². The number of hydrogen-bond acceptors (Lipinski definition) is 2. The Labute approximate surface area is 89.9 Å². The van der Waals surface area contributed by atoms with Crippen LogP contribution in [0, 0.1) is 17.5 Å². The minimum atomic E-state index is -1.09. The number of anilines is 1. The Morgan fingerprint density at radius 2 is 1.88 bits per heavy atom. The second kappa shape index (κ2) is 4.87. The first-order valence-electron chi connectivity index (χ1n) is 4.53. The number of carboxylic acid groups (broad SMARTS) is 1. The molecule has 0 fully saturated rings. The second-order valence-corrected chi connectivity index (χ2v) is 3.39. The zero-order chi connectivity index (χ0) is 12.3. The SMILES string of the molecule is CC(CC(=O)O)Nc1c(F)cc(F)cc1F. The molecule has 1 atom stereocenters. The molecule has 0 aliphatic rings. The van der Waals surface area contributed by atoms with Gasteiger partial charge in [-0.15, -0.1) is 0 Å². The highest BCUT2D eigenvalue weighted by atomic mass is 19.1. The molecule has 0 saturated heterocycles. The third-order valence-electron chi connectivity index (χ3n) is 1.88. The number of carbonyl (C=O) groups is 1. The number of carboxylic acids is 1. The topological polar surface area (TPSA) is 49.3 Å². The van der Waals surface area contributed by atoms with E-state index >= 15 is 0 Å². The van der Waals surface area contributed by atoms with Crippen LogP contribution in [0.4, 0.5) is 18.9 Å². The van der Waals surface area contributed by atoms with Crippen molar-refractivity contribution in [1.29, 1.82) is 0 Å². The highest BCUT2D eigenvalue weighted by molar-refractivity contribution is 5.68. The lowest BCUT2D eigenvalue weighted by Gasteiger charge is -2.14. The quantitative estimate of drug-likeness (QED) is 0.839. The average Bonchev–Trinajstić information content (AvgIpc) is 2.09. The Morgan fingerprint density at radius 1 is 1.38 bits per heavy atom. The van der Waals surface area contributed by atoms with Crippen molar-refractivity contribution >= 4 is 11.7 Å². The summed E-state index contributed by atoms with van der Waals surface area (Å²) in [6, 6.07) is 0.393. The first kappa shape index (κ1) is 12.4. The lowest BCUT2D eigenvalue weighted by atomic mass is 10.2. The largest absolute Gasteiger partial charge is 0.481 e. The summed E-state index contributed by atoms with van der Waals surface area (Å²) in [7, 11) is 0. The van der Waals surface area contributed by atoms with E-state index in [9.17, 15) is 18.0 Å². The van der Waals surface area contributed by atoms with Crippen LogP contribution in [0.5, 0.6) is 0 Å². The van der Waals surface area contributed by atoms with E-state index in [0.29, 0.717) is 12.1 Å². The van der Waals surface area contributed by atoms with Gasteiger partial charge in [-0.25, -0.2) is 13.2 Å². The number of hydrogen-bond donors (Lipinski definition) is 2. The maximum atomic E-state index is 13.1.